The maximum Gasteiger partial charge on any atom is 0.310 e. The predicted octanol–water partition coefficient (Wildman–Crippen LogP) is 1.85. The minimum atomic E-state index is -0.0562. The number of hydrogen-bond acceptors (Lipinski definition) is 3. The van der Waals surface area contributed by atoms with E-state index < -0.39 is 0 Å². The molecule has 2 aliphatic carbocycles. The molecule has 3 nitrogen and oxygen atoms in total. The van der Waals surface area contributed by atoms with Crippen LogP contribution in [0.4, 0.5) is 0 Å². The molecule has 0 saturated heterocycles. The lowest BCUT2D eigenvalue weighted by Crippen LogP contribution is -2.32. The molecule has 0 aromatic heterocycles. The number of nitrogens with two attached hydrogens (primary N) is 1. The van der Waals surface area contributed by atoms with E-state index in [1.54, 1.807) is 0 Å². The van der Waals surface area contributed by atoms with Crippen LogP contribution in [0.3, 0.4) is 0 Å². The number of rotatable bonds is 4. The van der Waals surface area contributed by atoms with Gasteiger partial charge >= 0.3 is 5.97 Å². The highest BCUT2D eigenvalue weighted by Gasteiger charge is 2.31. The van der Waals surface area contributed by atoms with Gasteiger partial charge in [0.2, 0.25) is 0 Å². The molecule has 2 aliphatic rings. The summed E-state index contributed by atoms with van der Waals surface area (Å²) < 4.78 is 5.28. The molecular formula is C12H21NO2. The molecular weight excluding hydrogens is 190 g/mol. The van der Waals surface area contributed by atoms with E-state index in [2.05, 4.69) is 0 Å². The van der Waals surface area contributed by atoms with Gasteiger partial charge in [-0.1, -0.05) is 25.7 Å². The SMILES string of the molecule is NC1CCCC1C(=O)OCCC1CCC1. The van der Waals surface area contributed by atoms with Crippen LogP contribution < -0.4 is 5.73 Å². The molecule has 3 heteroatoms. The monoisotopic (exact) mass is 211 g/mol. The fourth-order valence-electron chi connectivity index (χ4n) is 2.50. The van der Waals surface area contributed by atoms with Crippen molar-refractivity contribution < 1.29 is 9.53 Å². The molecule has 2 atom stereocenters. The maximum absolute atomic E-state index is 11.6. The zero-order chi connectivity index (χ0) is 10.7. The Morgan fingerprint density at radius 3 is 2.47 bits per heavy atom. The molecule has 86 valence electrons. The van der Waals surface area contributed by atoms with Gasteiger partial charge in [0.05, 0.1) is 12.5 Å². The van der Waals surface area contributed by atoms with E-state index in [0.717, 1.165) is 31.6 Å². The van der Waals surface area contributed by atoms with Gasteiger partial charge in [0.1, 0.15) is 0 Å². The molecule has 2 fully saturated rings. The lowest BCUT2D eigenvalue weighted by molar-refractivity contribution is -0.149. The fourth-order valence-corrected chi connectivity index (χ4v) is 2.50. The van der Waals surface area contributed by atoms with Crippen molar-refractivity contribution in [3.8, 4) is 0 Å². The van der Waals surface area contributed by atoms with E-state index in [4.69, 9.17) is 10.5 Å². The quantitative estimate of drug-likeness (QED) is 0.722. The summed E-state index contributed by atoms with van der Waals surface area (Å²) >= 11 is 0. The Labute approximate surface area is 91.4 Å². The number of carbonyl (C=O) groups excluding carboxylic acids is 1. The Morgan fingerprint density at radius 1 is 1.20 bits per heavy atom. The van der Waals surface area contributed by atoms with Crippen molar-refractivity contribution >= 4 is 5.97 Å². The molecule has 0 aromatic rings. The van der Waals surface area contributed by atoms with Crippen molar-refractivity contribution in [1.29, 1.82) is 0 Å². The van der Waals surface area contributed by atoms with E-state index in [1.165, 1.54) is 19.3 Å². The predicted molar refractivity (Wildman–Crippen MR) is 58.2 cm³/mol. The van der Waals surface area contributed by atoms with Gasteiger partial charge in [-0.2, -0.15) is 0 Å². The summed E-state index contributed by atoms with van der Waals surface area (Å²) in [5, 5.41) is 0. The third-order valence-corrected chi connectivity index (χ3v) is 3.87. The highest BCUT2D eigenvalue weighted by atomic mass is 16.5. The molecule has 2 rings (SSSR count). The summed E-state index contributed by atoms with van der Waals surface area (Å²) in [6.45, 7) is 0.604. The van der Waals surface area contributed by atoms with Crippen LogP contribution in [0, 0.1) is 11.8 Å². The molecule has 0 spiro atoms. The van der Waals surface area contributed by atoms with Crippen LogP contribution in [-0.4, -0.2) is 18.6 Å². The van der Waals surface area contributed by atoms with Crippen LogP contribution >= 0.6 is 0 Å². The standard InChI is InChI=1S/C12H21NO2/c13-11-6-2-5-10(11)12(14)15-8-7-9-3-1-4-9/h9-11H,1-8,13H2. The highest BCUT2D eigenvalue weighted by Crippen LogP contribution is 2.30. The van der Waals surface area contributed by atoms with Gasteiger partial charge in [-0.25, -0.2) is 0 Å². The summed E-state index contributed by atoms with van der Waals surface area (Å²) in [7, 11) is 0. The highest BCUT2D eigenvalue weighted by molar-refractivity contribution is 5.73. The molecule has 2 N–H and O–H groups in total. The minimum absolute atomic E-state index is 0.0219. The normalized spacial score (nSPS) is 31.3. The first kappa shape index (κ1) is 10.9. The van der Waals surface area contributed by atoms with Gasteiger partial charge in [-0.05, 0) is 25.2 Å². The number of hydrogen-bond donors (Lipinski definition) is 1. The van der Waals surface area contributed by atoms with Crippen LogP contribution in [0.1, 0.15) is 44.9 Å². The van der Waals surface area contributed by atoms with E-state index in [9.17, 15) is 4.79 Å². The van der Waals surface area contributed by atoms with Crippen LogP contribution in [0.25, 0.3) is 0 Å². The lowest BCUT2D eigenvalue weighted by atomic mass is 9.83. The zero-order valence-electron chi connectivity index (χ0n) is 9.28. The fraction of sp³-hybridized carbons (Fsp3) is 0.917. The third-order valence-electron chi connectivity index (χ3n) is 3.87. The van der Waals surface area contributed by atoms with Gasteiger partial charge in [0.15, 0.2) is 0 Å². The second-order valence-electron chi connectivity index (χ2n) is 4.95. The summed E-state index contributed by atoms with van der Waals surface area (Å²) in [6, 6.07) is 0.0428. The van der Waals surface area contributed by atoms with Crippen molar-refractivity contribution in [2.45, 2.75) is 51.0 Å². The molecule has 0 radical (unpaired) electrons. The largest absolute Gasteiger partial charge is 0.465 e. The number of ether oxygens (including phenoxy) is 1. The van der Waals surface area contributed by atoms with Crippen molar-refractivity contribution in [3.63, 3.8) is 0 Å². The first-order valence-corrected chi connectivity index (χ1v) is 6.19. The van der Waals surface area contributed by atoms with Gasteiger partial charge in [0.25, 0.3) is 0 Å². The lowest BCUT2D eigenvalue weighted by Gasteiger charge is -2.25. The topological polar surface area (TPSA) is 52.3 Å². The Morgan fingerprint density at radius 2 is 1.93 bits per heavy atom. The smallest absolute Gasteiger partial charge is 0.310 e. The maximum atomic E-state index is 11.6. The molecule has 0 heterocycles. The van der Waals surface area contributed by atoms with E-state index in [0.29, 0.717) is 6.61 Å². The van der Waals surface area contributed by atoms with Crippen molar-refractivity contribution in [2.24, 2.45) is 17.6 Å². The van der Waals surface area contributed by atoms with Gasteiger partial charge in [-0.15, -0.1) is 0 Å². The number of esters is 1. The second kappa shape index (κ2) is 4.97. The zero-order valence-corrected chi connectivity index (χ0v) is 9.28. The first-order chi connectivity index (χ1) is 7.27. The van der Waals surface area contributed by atoms with Crippen molar-refractivity contribution in [1.82, 2.24) is 0 Å². The average Bonchev–Trinajstić information content (AvgIpc) is 2.55. The molecule has 2 saturated carbocycles. The van der Waals surface area contributed by atoms with Crippen molar-refractivity contribution in [3.05, 3.63) is 0 Å². The van der Waals surface area contributed by atoms with Crippen LogP contribution in [0.15, 0.2) is 0 Å². The molecule has 0 aromatic carbocycles. The van der Waals surface area contributed by atoms with Gasteiger partial charge in [-0.3, -0.25) is 4.79 Å². The minimum Gasteiger partial charge on any atom is -0.465 e. The van der Waals surface area contributed by atoms with E-state index in [-0.39, 0.29) is 17.9 Å². The van der Waals surface area contributed by atoms with Gasteiger partial charge in [0, 0.05) is 6.04 Å². The summed E-state index contributed by atoms with van der Waals surface area (Å²) in [5.41, 5.74) is 5.85. The molecule has 2 unspecified atom stereocenters. The average molecular weight is 211 g/mol. The molecule has 0 aliphatic heterocycles. The summed E-state index contributed by atoms with van der Waals surface area (Å²) in [6.07, 6.45) is 8.01. The summed E-state index contributed by atoms with van der Waals surface area (Å²) in [5.74, 6) is 0.737. The van der Waals surface area contributed by atoms with E-state index in [1.807, 2.05) is 0 Å². The Bertz CT molecular complexity index is 226. The Balaban J connectivity index is 1.63. The van der Waals surface area contributed by atoms with Crippen LogP contribution in [0.5, 0.6) is 0 Å². The second-order valence-corrected chi connectivity index (χ2v) is 4.95. The Kier molecular flexibility index (Phi) is 3.62. The molecule has 0 amide bonds. The van der Waals surface area contributed by atoms with Crippen LogP contribution in [-0.2, 0) is 9.53 Å². The molecule has 15 heavy (non-hydrogen) atoms. The Hall–Kier alpha value is -0.570. The summed E-state index contributed by atoms with van der Waals surface area (Å²) in [4.78, 5) is 11.6. The third kappa shape index (κ3) is 2.71. The van der Waals surface area contributed by atoms with Gasteiger partial charge < -0.3 is 10.5 Å². The molecule has 0 bridgehead atoms. The van der Waals surface area contributed by atoms with E-state index >= 15 is 0 Å². The van der Waals surface area contributed by atoms with Crippen molar-refractivity contribution in [2.75, 3.05) is 6.61 Å². The first-order valence-electron chi connectivity index (χ1n) is 6.19. The van der Waals surface area contributed by atoms with Crippen LogP contribution in [0.2, 0.25) is 0 Å². The number of carbonyl (C=O) groups is 1.